The maximum absolute atomic E-state index is 13.9. The van der Waals surface area contributed by atoms with E-state index in [9.17, 15) is 13.6 Å². The predicted molar refractivity (Wildman–Crippen MR) is 112 cm³/mol. The number of aryl methyl sites for hydroxylation is 1. The fraction of sp³-hybridized carbons (Fsp3) is 0.318. The van der Waals surface area contributed by atoms with Crippen molar-refractivity contribution in [3.63, 3.8) is 0 Å². The summed E-state index contributed by atoms with van der Waals surface area (Å²) in [6, 6.07) is 11.5. The van der Waals surface area contributed by atoms with E-state index in [0.29, 0.717) is 22.4 Å². The molecule has 1 N–H and O–H groups in total. The molecule has 0 atom stereocenters. The summed E-state index contributed by atoms with van der Waals surface area (Å²) in [6.07, 6.45) is 0. The zero-order valence-corrected chi connectivity index (χ0v) is 17.6. The second-order valence-electron chi connectivity index (χ2n) is 6.69. The molecule has 160 valence electrons. The van der Waals surface area contributed by atoms with Gasteiger partial charge in [-0.2, -0.15) is 0 Å². The topological polar surface area (TPSA) is 72.3 Å². The SMILES string of the molecule is CNC(=O)/C(=N/OC)c1cccc(C)c1CO/N=C(\C)c1ccccc1C(C)(F)F. The van der Waals surface area contributed by atoms with E-state index < -0.39 is 11.8 Å². The lowest BCUT2D eigenvalue weighted by Gasteiger charge is -2.16. The van der Waals surface area contributed by atoms with E-state index in [4.69, 9.17) is 9.68 Å². The Balaban J connectivity index is 2.33. The summed E-state index contributed by atoms with van der Waals surface area (Å²) in [6.45, 7) is 4.32. The molecule has 0 aliphatic rings. The molecule has 2 aromatic carbocycles. The van der Waals surface area contributed by atoms with Gasteiger partial charge in [0.05, 0.1) is 5.71 Å². The van der Waals surface area contributed by atoms with E-state index in [1.165, 1.54) is 20.2 Å². The number of benzene rings is 2. The third-order valence-corrected chi connectivity index (χ3v) is 4.49. The molecule has 8 heteroatoms. The number of carbonyl (C=O) groups is 1. The van der Waals surface area contributed by atoms with Crippen LogP contribution in [-0.4, -0.2) is 31.5 Å². The van der Waals surface area contributed by atoms with Gasteiger partial charge in [0.2, 0.25) is 0 Å². The van der Waals surface area contributed by atoms with Crippen LogP contribution in [0.5, 0.6) is 0 Å². The smallest absolute Gasteiger partial charge is 0.273 e. The van der Waals surface area contributed by atoms with E-state index in [1.807, 2.05) is 13.0 Å². The van der Waals surface area contributed by atoms with Crippen LogP contribution in [0.4, 0.5) is 8.78 Å². The molecule has 0 aliphatic heterocycles. The molecule has 0 spiro atoms. The van der Waals surface area contributed by atoms with Gasteiger partial charge in [0.25, 0.3) is 11.8 Å². The van der Waals surface area contributed by atoms with Crippen LogP contribution < -0.4 is 5.32 Å². The standard InChI is InChI=1S/C22H25F2N3O3/c1-14-9-8-11-17(20(27-29-5)21(28)25-4)18(14)13-30-26-15(2)16-10-6-7-12-19(16)22(3,23)24/h6-12H,13H2,1-5H3,(H,25,28)/b26-15+,27-20+. The summed E-state index contributed by atoms with van der Waals surface area (Å²) in [5.41, 5.74) is 2.67. The Labute approximate surface area is 174 Å². The maximum Gasteiger partial charge on any atom is 0.273 e. The normalized spacial score (nSPS) is 12.5. The van der Waals surface area contributed by atoms with Crippen LogP contribution in [0.2, 0.25) is 0 Å². The molecular formula is C22H25F2N3O3. The molecule has 0 bridgehead atoms. The molecule has 0 heterocycles. The van der Waals surface area contributed by atoms with E-state index in [0.717, 1.165) is 12.5 Å². The number of nitrogens with one attached hydrogen (secondary N) is 1. The third-order valence-electron chi connectivity index (χ3n) is 4.49. The highest BCUT2D eigenvalue weighted by molar-refractivity contribution is 6.45. The van der Waals surface area contributed by atoms with Crippen molar-refractivity contribution in [1.82, 2.24) is 5.32 Å². The van der Waals surface area contributed by atoms with Gasteiger partial charge in [-0.25, -0.2) is 8.78 Å². The van der Waals surface area contributed by atoms with E-state index in [2.05, 4.69) is 15.6 Å². The summed E-state index contributed by atoms with van der Waals surface area (Å²) in [5.74, 6) is -3.42. The number of amides is 1. The molecule has 0 saturated heterocycles. The lowest BCUT2D eigenvalue weighted by atomic mass is 9.98. The van der Waals surface area contributed by atoms with E-state index >= 15 is 0 Å². The first kappa shape index (κ1) is 23.0. The van der Waals surface area contributed by atoms with Crippen molar-refractivity contribution in [3.8, 4) is 0 Å². The highest BCUT2D eigenvalue weighted by atomic mass is 19.3. The zero-order valence-electron chi connectivity index (χ0n) is 17.6. The van der Waals surface area contributed by atoms with Crippen molar-refractivity contribution in [1.29, 1.82) is 0 Å². The van der Waals surface area contributed by atoms with Crippen molar-refractivity contribution >= 4 is 17.3 Å². The number of hydrogen-bond donors (Lipinski definition) is 1. The number of likely N-dealkylation sites (N-methyl/N-ethyl adjacent to an activating group) is 1. The Bertz CT molecular complexity index is 966. The molecule has 0 aromatic heterocycles. The summed E-state index contributed by atoms with van der Waals surface area (Å²) < 4.78 is 27.8. The van der Waals surface area contributed by atoms with Gasteiger partial charge in [-0.15, -0.1) is 0 Å². The van der Waals surface area contributed by atoms with Crippen LogP contribution >= 0.6 is 0 Å². The van der Waals surface area contributed by atoms with Crippen molar-refractivity contribution in [3.05, 3.63) is 70.3 Å². The Kier molecular flexibility index (Phi) is 7.63. The number of carbonyl (C=O) groups excluding carboxylic acids is 1. The van der Waals surface area contributed by atoms with Gasteiger partial charge in [0.15, 0.2) is 5.71 Å². The molecule has 30 heavy (non-hydrogen) atoms. The molecule has 0 fully saturated rings. The van der Waals surface area contributed by atoms with Gasteiger partial charge in [0.1, 0.15) is 13.7 Å². The molecule has 0 saturated carbocycles. The minimum Gasteiger partial charge on any atom is -0.398 e. The third kappa shape index (κ3) is 5.40. The molecule has 2 aromatic rings. The maximum atomic E-state index is 13.9. The Morgan fingerprint density at radius 2 is 1.77 bits per heavy atom. The van der Waals surface area contributed by atoms with Crippen molar-refractivity contribution in [2.45, 2.75) is 33.3 Å². The predicted octanol–water partition coefficient (Wildman–Crippen LogP) is 4.14. The van der Waals surface area contributed by atoms with Crippen LogP contribution in [0.25, 0.3) is 0 Å². The highest BCUT2D eigenvalue weighted by Gasteiger charge is 2.28. The molecule has 0 radical (unpaired) electrons. The van der Waals surface area contributed by atoms with Gasteiger partial charge in [0, 0.05) is 36.2 Å². The van der Waals surface area contributed by atoms with Crippen molar-refractivity contribution < 1.29 is 23.3 Å². The second kappa shape index (κ2) is 9.96. The first-order valence-corrected chi connectivity index (χ1v) is 9.27. The average molecular weight is 417 g/mol. The van der Waals surface area contributed by atoms with Crippen molar-refractivity contribution in [2.24, 2.45) is 10.3 Å². The largest absolute Gasteiger partial charge is 0.398 e. The number of alkyl halides is 2. The quantitative estimate of drug-likeness (QED) is 0.518. The first-order chi connectivity index (χ1) is 14.2. The minimum absolute atomic E-state index is 0.0176. The lowest BCUT2D eigenvalue weighted by Crippen LogP contribution is -2.29. The minimum atomic E-state index is -3.00. The van der Waals surface area contributed by atoms with E-state index in [-0.39, 0.29) is 17.9 Å². The molecule has 6 nitrogen and oxygen atoms in total. The highest BCUT2D eigenvalue weighted by Crippen LogP contribution is 2.30. The van der Waals surface area contributed by atoms with Gasteiger partial charge < -0.3 is 15.0 Å². The molecule has 1 amide bonds. The van der Waals surface area contributed by atoms with Crippen LogP contribution in [0.15, 0.2) is 52.8 Å². The Hall–Kier alpha value is -3.29. The van der Waals surface area contributed by atoms with Gasteiger partial charge in [-0.1, -0.05) is 52.8 Å². The summed E-state index contributed by atoms with van der Waals surface area (Å²) in [7, 11) is 2.84. The Morgan fingerprint density at radius 1 is 1.10 bits per heavy atom. The summed E-state index contributed by atoms with van der Waals surface area (Å²) in [4.78, 5) is 22.5. The zero-order chi connectivity index (χ0) is 22.3. The van der Waals surface area contributed by atoms with Crippen LogP contribution in [0.3, 0.4) is 0 Å². The molecule has 2 rings (SSSR count). The van der Waals surface area contributed by atoms with E-state index in [1.54, 1.807) is 37.3 Å². The number of nitrogens with zero attached hydrogens (tertiary/aromatic N) is 2. The Morgan fingerprint density at radius 3 is 2.40 bits per heavy atom. The van der Waals surface area contributed by atoms with Crippen LogP contribution in [0.1, 0.15) is 41.7 Å². The number of oxime groups is 2. The molecular weight excluding hydrogens is 392 g/mol. The fourth-order valence-corrected chi connectivity index (χ4v) is 2.96. The number of rotatable bonds is 8. The second-order valence-corrected chi connectivity index (χ2v) is 6.69. The summed E-state index contributed by atoms with van der Waals surface area (Å²) >= 11 is 0. The monoisotopic (exact) mass is 417 g/mol. The van der Waals surface area contributed by atoms with Crippen LogP contribution in [0, 0.1) is 6.92 Å². The number of halogens is 2. The van der Waals surface area contributed by atoms with Crippen LogP contribution in [-0.2, 0) is 27.0 Å². The average Bonchev–Trinajstić information content (AvgIpc) is 2.72. The summed E-state index contributed by atoms with van der Waals surface area (Å²) in [5, 5.41) is 10.4. The van der Waals surface area contributed by atoms with Gasteiger partial charge in [-0.3, -0.25) is 4.79 Å². The van der Waals surface area contributed by atoms with Gasteiger partial charge >= 0.3 is 0 Å². The lowest BCUT2D eigenvalue weighted by molar-refractivity contribution is -0.114. The van der Waals surface area contributed by atoms with Gasteiger partial charge in [-0.05, 0) is 19.4 Å². The van der Waals surface area contributed by atoms with Crippen molar-refractivity contribution in [2.75, 3.05) is 14.2 Å². The fourth-order valence-electron chi connectivity index (χ4n) is 2.96. The molecule has 0 aliphatic carbocycles. The molecule has 0 unspecified atom stereocenters. The number of hydrogen-bond acceptors (Lipinski definition) is 5. The first-order valence-electron chi connectivity index (χ1n) is 9.27.